The molecule has 2 aromatic heterocycles. The summed E-state index contributed by atoms with van der Waals surface area (Å²) in [5.74, 6) is 0.592. The maximum Gasteiger partial charge on any atom is 0.495 e. The third kappa shape index (κ3) is 2.93. The fourth-order valence-electron chi connectivity index (χ4n) is 4.97. The van der Waals surface area contributed by atoms with Gasteiger partial charge in [0.05, 0.1) is 16.6 Å². The van der Waals surface area contributed by atoms with Gasteiger partial charge in [-0.1, -0.05) is 42.5 Å². The van der Waals surface area contributed by atoms with Crippen molar-refractivity contribution in [1.29, 1.82) is 0 Å². The zero-order chi connectivity index (χ0) is 23.9. The average molecular weight is 461 g/mol. The van der Waals surface area contributed by atoms with Gasteiger partial charge in [-0.05, 0) is 68.9 Å². The second-order valence-electron chi connectivity index (χ2n) is 10.3. The molecule has 172 valence electrons. The molecule has 7 rings (SSSR count). The molecular formula is C29H24BNO4. The molecule has 4 aromatic carbocycles. The van der Waals surface area contributed by atoms with Crippen molar-refractivity contribution in [2.45, 2.75) is 38.9 Å². The van der Waals surface area contributed by atoms with Crippen LogP contribution >= 0.6 is 0 Å². The van der Waals surface area contributed by atoms with Crippen LogP contribution in [-0.4, -0.2) is 23.3 Å². The number of aromatic nitrogens is 1. The fourth-order valence-corrected chi connectivity index (χ4v) is 4.97. The highest BCUT2D eigenvalue weighted by Gasteiger charge is 2.52. The lowest BCUT2D eigenvalue weighted by molar-refractivity contribution is 0.00578. The summed E-state index contributed by atoms with van der Waals surface area (Å²) in [6.45, 7) is 8.29. The van der Waals surface area contributed by atoms with E-state index in [0.29, 0.717) is 5.89 Å². The molecule has 0 atom stereocenters. The summed E-state index contributed by atoms with van der Waals surface area (Å²) in [5, 5.41) is 3.94. The van der Waals surface area contributed by atoms with E-state index < -0.39 is 18.3 Å². The van der Waals surface area contributed by atoms with Crippen molar-refractivity contribution in [1.82, 2.24) is 4.98 Å². The van der Waals surface area contributed by atoms with Gasteiger partial charge >= 0.3 is 7.12 Å². The SMILES string of the molecule is CC1(C)OB(c2cc3c(oc4ccc5nc(-c6ccccc6)oc5c43)c3ccccc23)OC1(C)C. The van der Waals surface area contributed by atoms with Gasteiger partial charge in [0, 0.05) is 16.3 Å². The van der Waals surface area contributed by atoms with E-state index in [4.69, 9.17) is 23.1 Å². The Bertz CT molecular complexity index is 1750. The largest absolute Gasteiger partial charge is 0.495 e. The molecule has 1 saturated heterocycles. The Morgan fingerprint density at radius 3 is 2.11 bits per heavy atom. The second-order valence-corrected chi connectivity index (χ2v) is 10.3. The van der Waals surface area contributed by atoms with Gasteiger partial charge < -0.3 is 18.1 Å². The fraction of sp³-hybridized carbons (Fsp3) is 0.207. The third-order valence-corrected chi connectivity index (χ3v) is 7.56. The lowest BCUT2D eigenvalue weighted by atomic mass is 9.75. The average Bonchev–Trinajstić information content (AvgIpc) is 3.50. The van der Waals surface area contributed by atoms with E-state index in [9.17, 15) is 0 Å². The number of hydrogen-bond donors (Lipinski definition) is 0. The minimum atomic E-state index is -0.493. The van der Waals surface area contributed by atoms with Crippen LogP contribution in [-0.2, 0) is 9.31 Å². The maximum absolute atomic E-state index is 6.46. The molecule has 35 heavy (non-hydrogen) atoms. The summed E-state index contributed by atoms with van der Waals surface area (Å²) in [6, 6.07) is 24.2. The lowest BCUT2D eigenvalue weighted by Gasteiger charge is -2.32. The van der Waals surface area contributed by atoms with Gasteiger partial charge in [0.15, 0.2) is 5.58 Å². The summed E-state index contributed by atoms with van der Waals surface area (Å²) in [4.78, 5) is 4.76. The summed E-state index contributed by atoms with van der Waals surface area (Å²) >= 11 is 0. The molecule has 0 radical (unpaired) electrons. The summed E-state index contributed by atoms with van der Waals surface area (Å²) in [5.41, 5.74) is 4.15. The van der Waals surface area contributed by atoms with E-state index in [-0.39, 0.29) is 0 Å². The van der Waals surface area contributed by atoms with Crippen molar-refractivity contribution in [3.8, 4) is 11.5 Å². The first-order valence-electron chi connectivity index (χ1n) is 11.9. The Kier molecular flexibility index (Phi) is 4.13. The number of hydrogen-bond acceptors (Lipinski definition) is 5. The van der Waals surface area contributed by atoms with Gasteiger partial charge in [0.2, 0.25) is 5.89 Å². The van der Waals surface area contributed by atoms with Crippen LogP contribution in [0.15, 0.2) is 81.6 Å². The standard InChI is InChI=1S/C29H24BNO4/c1-28(2)29(3,4)35-30(34-28)21-16-20-24-23(32-25(20)19-13-9-8-12-18(19)21)15-14-22-26(24)33-27(31-22)17-10-6-5-7-11-17/h5-16H,1-4H3. The Morgan fingerprint density at radius 2 is 1.37 bits per heavy atom. The van der Waals surface area contributed by atoms with Gasteiger partial charge in [0.1, 0.15) is 16.7 Å². The highest BCUT2D eigenvalue weighted by Crippen LogP contribution is 2.41. The normalized spacial score (nSPS) is 17.3. The molecule has 0 saturated carbocycles. The monoisotopic (exact) mass is 461 g/mol. The molecule has 6 heteroatoms. The lowest BCUT2D eigenvalue weighted by Crippen LogP contribution is -2.41. The smallest absolute Gasteiger partial charge is 0.455 e. The number of fused-ring (bicyclic) bond motifs is 7. The topological polar surface area (TPSA) is 57.6 Å². The van der Waals surface area contributed by atoms with E-state index in [2.05, 4.69) is 45.9 Å². The zero-order valence-electron chi connectivity index (χ0n) is 20.1. The van der Waals surface area contributed by atoms with Crippen molar-refractivity contribution >= 4 is 56.4 Å². The molecule has 3 heterocycles. The van der Waals surface area contributed by atoms with Crippen LogP contribution in [0.3, 0.4) is 0 Å². The van der Waals surface area contributed by atoms with Crippen molar-refractivity contribution in [3.63, 3.8) is 0 Å². The van der Waals surface area contributed by atoms with E-state index >= 15 is 0 Å². The molecule has 1 fully saturated rings. The van der Waals surface area contributed by atoms with Crippen LogP contribution in [0.1, 0.15) is 27.7 Å². The number of benzene rings is 4. The number of nitrogens with zero attached hydrogens (tertiary/aromatic N) is 1. The molecule has 0 spiro atoms. The highest BCUT2D eigenvalue weighted by molar-refractivity contribution is 6.66. The van der Waals surface area contributed by atoms with Crippen molar-refractivity contribution in [2.24, 2.45) is 0 Å². The minimum absolute atomic E-state index is 0.436. The minimum Gasteiger partial charge on any atom is -0.455 e. The maximum atomic E-state index is 6.46. The van der Waals surface area contributed by atoms with Crippen LogP contribution < -0.4 is 5.46 Å². The molecule has 0 bridgehead atoms. The Balaban J connectivity index is 1.53. The molecular weight excluding hydrogens is 437 g/mol. The third-order valence-electron chi connectivity index (χ3n) is 7.56. The molecule has 0 aliphatic carbocycles. The van der Waals surface area contributed by atoms with Crippen LogP contribution in [0.5, 0.6) is 0 Å². The first-order chi connectivity index (χ1) is 16.8. The van der Waals surface area contributed by atoms with Gasteiger partial charge in [-0.2, -0.15) is 0 Å². The molecule has 0 unspecified atom stereocenters. The van der Waals surface area contributed by atoms with Gasteiger partial charge in [0.25, 0.3) is 0 Å². The molecule has 1 aliphatic heterocycles. The van der Waals surface area contributed by atoms with Crippen molar-refractivity contribution < 1.29 is 18.1 Å². The summed E-state index contributed by atoms with van der Waals surface area (Å²) in [6.07, 6.45) is 0. The second kappa shape index (κ2) is 6.97. The van der Waals surface area contributed by atoms with Crippen molar-refractivity contribution in [2.75, 3.05) is 0 Å². The number of oxazole rings is 1. The van der Waals surface area contributed by atoms with Crippen LogP contribution in [0.2, 0.25) is 0 Å². The van der Waals surface area contributed by atoms with Crippen LogP contribution in [0, 0.1) is 0 Å². The Labute approximate surface area is 202 Å². The summed E-state index contributed by atoms with van der Waals surface area (Å²) in [7, 11) is -0.493. The quantitative estimate of drug-likeness (QED) is 0.264. The molecule has 6 aromatic rings. The highest BCUT2D eigenvalue weighted by atomic mass is 16.7. The molecule has 5 nitrogen and oxygen atoms in total. The predicted octanol–water partition coefficient (Wildman–Crippen LogP) is 6.85. The van der Waals surface area contributed by atoms with E-state index in [0.717, 1.165) is 54.8 Å². The van der Waals surface area contributed by atoms with Gasteiger partial charge in [-0.15, -0.1) is 0 Å². The molecule has 0 N–H and O–H groups in total. The van der Waals surface area contributed by atoms with Gasteiger partial charge in [-0.25, -0.2) is 4.98 Å². The zero-order valence-corrected chi connectivity index (χ0v) is 20.1. The summed E-state index contributed by atoms with van der Waals surface area (Å²) < 4.78 is 25.7. The van der Waals surface area contributed by atoms with E-state index in [1.54, 1.807) is 0 Å². The Hall–Kier alpha value is -3.61. The first kappa shape index (κ1) is 20.7. The van der Waals surface area contributed by atoms with Crippen molar-refractivity contribution in [3.05, 3.63) is 72.8 Å². The van der Waals surface area contributed by atoms with Crippen LogP contribution in [0.4, 0.5) is 0 Å². The van der Waals surface area contributed by atoms with E-state index in [1.165, 1.54) is 0 Å². The number of rotatable bonds is 2. The van der Waals surface area contributed by atoms with Gasteiger partial charge in [-0.3, -0.25) is 0 Å². The first-order valence-corrected chi connectivity index (χ1v) is 11.9. The Morgan fingerprint density at radius 1 is 0.686 bits per heavy atom. The molecule has 0 amide bonds. The molecule has 1 aliphatic rings. The predicted molar refractivity (Wildman–Crippen MR) is 140 cm³/mol. The van der Waals surface area contributed by atoms with E-state index in [1.807, 2.05) is 54.6 Å². The number of furan rings is 1. The van der Waals surface area contributed by atoms with Crippen LogP contribution in [0.25, 0.3) is 55.3 Å².